The van der Waals surface area contributed by atoms with Crippen LogP contribution in [0.3, 0.4) is 0 Å². The van der Waals surface area contributed by atoms with Gasteiger partial charge in [-0.1, -0.05) is 30.3 Å². The number of aromatic nitrogens is 2. The minimum atomic E-state index is -0.580. The van der Waals surface area contributed by atoms with Gasteiger partial charge in [0.05, 0.1) is 11.2 Å². The van der Waals surface area contributed by atoms with Crippen LogP contribution in [0.2, 0.25) is 0 Å². The molecule has 2 heterocycles. The van der Waals surface area contributed by atoms with Crippen LogP contribution in [0.4, 0.5) is 4.39 Å². The van der Waals surface area contributed by atoms with E-state index in [1.165, 1.54) is 28.0 Å². The molecule has 0 spiro atoms. The van der Waals surface area contributed by atoms with Crippen LogP contribution in [-0.2, 0) is 17.9 Å². The van der Waals surface area contributed by atoms with Crippen molar-refractivity contribution in [2.75, 3.05) is 0 Å². The van der Waals surface area contributed by atoms with E-state index < -0.39 is 11.2 Å². The van der Waals surface area contributed by atoms with Crippen molar-refractivity contribution in [2.24, 2.45) is 0 Å². The van der Waals surface area contributed by atoms with Crippen molar-refractivity contribution >= 4 is 27.5 Å². The number of amides is 1. The van der Waals surface area contributed by atoms with Gasteiger partial charge in [0.2, 0.25) is 5.91 Å². The Morgan fingerprint density at radius 3 is 2.45 bits per heavy atom. The maximum atomic E-state index is 13.1. The van der Waals surface area contributed by atoms with Crippen LogP contribution in [0.1, 0.15) is 5.56 Å². The second-order valence-corrected chi connectivity index (χ2v) is 7.30. The van der Waals surface area contributed by atoms with E-state index in [4.69, 9.17) is 0 Å². The molecule has 4 rings (SSSR count). The molecular formula is C21H16FN3O3S. The van der Waals surface area contributed by atoms with Gasteiger partial charge in [-0.25, -0.2) is 13.8 Å². The second kappa shape index (κ2) is 7.84. The molecule has 0 aliphatic rings. The van der Waals surface area contributed by atoms with Crippen molar-refractivity contribution in [3.05, 3.63) is 98.3 Å². The van der Waals surface area contributed by atoms with Crippen LogP contribution >= 0.6 is 11.3 Å². The minimum absolute atomic E-state index is 0.207. The number of carbonyl (C=O) groups is 1. The highest BCUT2D eigenvalue weighted by Gasteiger charge is 2.17. The molecule has 0 unspecified atom stereocenters. The molecule has 1 amide bonds. The van der Waals surface area contributed by atoms with Crippen LogP contribution in [-0.4, -0.2) is 15.0 Å². The lowest BCUT2D eigenvalue weighted by Gasteiger charge is -2.12. The van der Waals surface area contributed by atoms with Crippen molar-refractivity contribution in [1.29, 1.82) is 0 Å². The molecule has 2 aromatic carbocycles. The van der Waals surface area contributed by atoms with Crippen LogP contribution in [0.15, 0.2) is 75.6 Å². The van der Waals surface area contributed by atoms with Gasteiger partial charge >= 0.3 is 5.69 Å². The average molecular weight is 409 g/mol. The lowest BCUT2D eigenvalue weighted by Crippen LogP contribution is -2.41. The fourth-order valence-electron chi connectivity index (χ4n) is 3.05. The molecule has 4 aromatic rings. The summed E-state index contributed by atoms with van der Waals surface area (Å²) in [7, 11) is 0. The van der Waals surface area contributed by atoms with Gasteiger partial charge in [-0.2, -0.15) is 0 Å². The van der Waals surface area contributed by atoms with Gasteiger partial charge in [0.15, 0.2) is 0 Å². The first-order valence-electron chi connectivity index (χ1n) is 8.84. The van der Waals surface area contributed by atoms with Gasteiger partial charge in [-0.15, -0.1) is 11.3 Å². The first-order valence-corrected chi connectivity index (χ1v) is 9.72. The number of fused-ring (bicyclic) bond motifs is 1. The van der Waals surface area contributed by atoms with Gasteiger partial charge in [0.1, 0.15) is 17.1 Å². The third kappa shape index (κ3) is 3.74. The van der Waals surface area contributed by atoms with Gasteiger partial charge in [-0.05, 0) is 41.3 Å². The molecular weight excluding hydrogens is 393 g/mol. The molecule has 6 nitrogen and oxygen atoms in total. The van der Waals surface area contributed by atoms with E-state index in [0.29, 0.717) is 15.9 Å². The number of para-hydroxylation sites is 1. The molecule has 2 aromatic heterocycles. The van der Waals surface area contributed by atoms with E-state index in [9.17, 15) is 18.8 Å². The summed E-state index contributed by atoms with van der Waals surface area (Å²) < 4.78 is 15.8. The van der Waals surface area contributed by atoms with Gasteiger partial charge in [-0.3, -0.25) is 14.2 Å². The summed E-state index contributed by atoms with van der Waals surface area (Å²) in [6.45, 7) is -0.0284. The fourth-order valence-corrected chi connectivity index (χ4v) is 3.87. The third-order valence-electron chi connectivity index (χ3n) is 4.47. The molecule has 29 heavy (non-hydrogen) atoms. The SMILES string of the molecule is O=C(Cn1c(=O)n(-c2ccccc2)c(=O)c2sccc21)NCc1ccc(F)cc1. The minimum Gasteiger partial charge on any atom is -0.350 e. The molecule has 0 radical (unpaired) electrons. The zero-order valence-corrected chi connectivity index (χ0v) is 16.0. The summed E-state index contributed by atoms with van der Waals surface area (Å²) in [5, 5.41) is 4.44. The number of benzene rings is 2. The number of nitrogens with one attached hydrogen (secondary N) is 1. The third-order valence-corrected chi connectivity index (χ3v) is 5.37. The number of hydrogen-bond acceptors (Lipinski definition) is 4. The fraction of sp³-hybridized carbons (Fsp3) is 0.0952. The summed E-state index contributed by atoms with van der Waals surface area (Å²) in [5.74, 6) is -0.739. The second-order valence-electron chi connectivity index (χ2n) is 6.38. The smallest absolute Gasteiger partial charge is 0.336 e. The first-order chi connectivity index (χ1) is 14.0. The van der Waals surface area contributed by atoms with Crippen molar-refractivity contribution in [3.63, 3.8) is 0 Å². The monoisotopic (exact) mass is 409 g/mol. The van der Waals surface area contributed by atoms with Gasteiger partial charge in [0.25, 0.3) is 5.56 Å². The maximum absolute atomic E-state index is 13.1. The number of rotatable bonds is 5. The van der Waals surface area contributed by atoms with Crippen molar-refractivity contribution in [2.45, 2.75) is 13.1 Å². The largest absolute Gasteiger partial charge is 0.350 e. The van der Waals surface area contributed by atoms with E-state index in [-0.39, 0.29) is 24.8 Å². The Balaban J connectivity index is 1.67. The highest BCUT2D eigenvalue weighted by Crippen LogP contribution is 2.16. The molecule has 0 saturated heterocycles. The van der Waals surface area contributed by atoms with Crippen LogP contribution < -0.4 is 16.6 Å². The van der Waals surface area contributed by atoms with Gasteiger partial charge in [0, 0.05) is 6.54 Å². The van der Waals surface area contributed by atoms with Crippen LogP contribution in [0, 0.1) is 5.82 Å². The molecule has 146 valence electrons. The lowest BCUT2D eigenvalue weighted by atomic mass is 10.2. The predicted octanol–water partition coefficient (Wildman–Crippen LogP) is 2.67. The molecule has 0 atom stereocenters. The Bertz CT molecular complexity index is 1290. The number of hydrogen-bond donors (Lipinski definition) is 1. The van der Waals surface area contributed by atoms with E-state index in [1.54, 1.807) is 53.9 Å². The Morgan fingerprint density at radius 1 is 1.00 bits per heavy atom. The summed E-state index contributed by atoms with van der Waals surface area (Å²) in [4.78, 5) is 38.3. The van der Waals surface area contributed by atoms with Crippen molar-refractivity contribution < 1.29 is 9.18 Å². The zero-order valence-electron chi connectivity index (χ0n) is 15.2. The first kappa shape index (κ1) is 18.8. The Morgan fingerprint density at radius 2 is 1.72 bits per heavy atom. The Labute approximate surface area is 168 Å². The number of carbonyl (C=O) groups excluding carboxylic acids is 1. The summed E-state index contributed by atoms with van der Waals surface area (Å²) in [6, 6.07) is 16.0. The van der Waals surface area contributed by atoms with Crippen molar-refractivity contribution in [3.8, 4) is 5.69 Å². The predicted molar refractivity (Wildman–Crippen MR) is 110 cm³/mol. The molecule has 0 aliphatic carbocycles. The standard InChI is InChI=1S/C21H16FN3O3S/c22-15-8-6-14(7-9-15)12-23-18(26)13-24-17-10-11-29-19(17)20(27)25(21(24)28)16-4-2-1-3-5-16/h1-11H,12-13H2,(H,23,26). The highest BCUT2D eigenvalue weighted by atomic mass is 32.1. The highest BCUT2D eigenvalue weighted by molar-refractivity contribution is 7.17. The van der Waals surface area contributed by atoms with E-state index in [1.807, 2.05) is 0 Å². The molecule has 1 N–H and O–H groups in total. The van der Waals surface area contributed by atoms with E-state index in [0.717, 1.165) is 10.1 Å². The van der Waals surface area contributed by atoms with Crippen LogP contribution in [0.25, 0.3) is 15.9 Å². The summed E-state index contributed by atoms with van der Waals surface area (Å²) >= 11 is 1.22. The Hall–Kier alpha value is -3.52. The number of thiophene rings is 1. The van der Waals surface area contributed by atoms with E-state index >= 15 is 0 Å². The summed E-state index contributed by atoms with van der Waals surface area (Å²) in [5.41, 5.74) is 0.618. The molecule has 8 heteroatoms. The zero-order chi connectivity index (χ0) is 20.4. The van der Waals surface area contributed by atoms with Crippen LogP contribution in [0.5, 0.6) is 0 Å². The maximum Gasteiger partial charge on any atom is 0.336 e. The normalized spacial score (nSPS) is 10.9. The Kier molecular flexibility index (Phi) is 5.09. The topological polar surface area (TPSA) is 73.1 Å². The number of halogens is 1. The summed E-state index contributed by atoms with van der Waals surface area (Å²) in [6.07, 6.45) is 0. The number of nitrogens with zero attached hydrogens (tertiary/aromatic N) is 2. The molecule has 0 bridgehead atoms. The van der Waals surface area contributed by atoms with E-state index in [2.05, 4.69) is 5.32 Å². The molecule has 0 saturated carbocycles. The van der Waals surface area contributed by atoms with Crippen molar-refractivity contribution in [1.82, 2.24) is 14.5 Å². The molecule has 0 aliphatic heterocycles. The lowest BCUT2D eigenvalue weighted by molar-refractivity contribution is -0.121. The quantitative estimate of drug-likeness (QED) is 0.551. The van der Waals surface area contributed by atoms with Gasteiger partial charge < -0.3 is 5.32 Å². The molecule has 0 fully saturated rings. The average Bonchev–Trinajstić information content (AvgIpc) is 3.22.